The first-order valence-electron chi connectivity index (χ1n) is 8.24. The monoisotopic (exact) mass is 346 g/mol. The van der Waals surface area contributed by atoms with E-state index in [9.17, 15) is 8.78 Å². The fourth-order valence-electron chi connectivity index (χ4n) is 2.76. The Balaban J connectivity index is 1.67. The van der Waals surface area contributed by atoms with Crippen LogP contribution in [0.5, 0.6) is 5.88 Å². The summed E-state index contributed by atoms with van der Waals surface area (Å²) in [5.74, 6) is -0.634. The predicted octanol–water partition coefficient (Wildman–Crippen LogP) is 3.61. The molecule has 0 bridgehead atoms. The third-order valence-corrected chi connectivity index (χ3v) is 4.04. The van der Waals surface area contributed by atoms with Crippen molar-refractivity contribution < 1.29 is 13.5 Å². The molecule has 0 spiro atoms. The molecule has 5 nitrogen and oxygen atoms in total. The Bertz CT molecular complexity index is 760. The number of anilines is 1. The molecule has 0 unspecified atom stereocenters. The van der Waals surface area contributed by atoms with Crippen molar-refractivity contribution in [1.29, 1.82) is 0 Å². The summed E-state index contributed by atoms with van der Waals surface area (Å²) in [6, 6.07) is 6.74. The minimum atomic E-state index is -0.605. The van der Waals surface area contributed by atoms with Crippen LogP contribution < -0.4 is 15.8 Å². The number of nitrogens with two attached hydrogens (primary N) is 1. The average molecular weight is 346 g/mol. The summed E-state index contributed by atoms with van der Waals surface area (Å²) >= 11 is 0. The first kappa shape index (κ1) is 17.1. The summed E-state index contributed by atoms with van der Waals surface area (Å²) < 4.78 is 32.7. The van der Waals surface area contributed by atoms with Crippen LogP contribution >= 0.6 is 0 Å². The van der Waals surface area contributed by atoms with E-state index in [2.05, 4.69) is 15.3 Å². The molecule has 2 aromatic rings. The molecule has 1 aromatic heterocycles. The lowest BCUT2D eigenvalue weighted by molar-refractivity contribution is 0.199. The highest BCUT2D eigenvalue weighted by Crippen LogP contribution is 2.25. The van der Waals surface area contributed by atoms with E-state index in [0.717, 1.165) is 36.6 Å². The Morgan fingerprint density at radius 3 is 2.88 bits per heavy atom. The Morgan fingerprint density at radius 1 is 1.28 bits per heavy atom. The molecule has 0 atom stereocenters. The zero-order chi connectivity index (χ0) is 17.6. The predicted molar refractivity (Wildman–Crippen MR) is 92.4 cm³/mol. The summed E-state index contributed by atoms with van der Waals surface area (Å²) in [5, 5.41) is 2.57. The van der Waals surface area contributed by atoms with Crippen molar-refractivity contribution in [2.75, 3.05) is 5.32 Å². The number of rotatable bonds is 5. The van der Waals surface area contributed by atoms with E-state index in [1.54, 1.807) is 12.3 Å². The van der Waals surface area contributed by atoms with E-state index in [1.165, 1.54) is 12.8 Å². The Labute approximate surface area is 144 Å². The number of ether oxygens (including phenoxy) is 1. The molecule has 0 amide bonds. The largest absolute Gasteiger partial charge is 0.474 e. The second-order valence-electron chi connectivity index (χ2n) is 5.94. The van der Waals surface area contributed by atoms with Gasteiger partial charge in [-0.25, -0.2) is 18.8 Å². The van der Waals surface area contributed by atoms with Gasteiger partial charge in [0.15, 0.2) is 5.96 Å². The van der Waals surface area contributed by atoms with Gasteiger partial charge in [-0.2, -0.15) is 0 Å². The fourth-order valence-corrected chi connectivity index (χ4v) is 2.76. The number of benzene rings is 1. The van der Waals surface area contributed by atoms with Gasteiger partial charge in [0.2, 0.25) is 5.88 Å². The van der Waals surface area contributed by atoms with E-state index in [0.29, 0.717) is 5.88 Å². The normalized spacial score (nSPS) is 15.4. The number of aromatic nitrogens is 1. The molecule has 0 saturated heterocycles. The molecular formula is C18H20F2N4O. The molecule has 132 valence electrons. The maximum atomic E-state index is 13.6. The third kappa shape index (κ3) is 4.65. The third-order valence-electron chi connectivity index (χ3n) is 4.04. The lowest BCUT2D eigenvalue weighted by Gasteiger charge is -2.14. The molecule has 1 saturated carbocycles. The van der Waals surface area contributed by atoms with Crippen LogP contribution in [-0.4, -0.2) is 17.0 Å². The van der Waals surface area contributed by atoms with Gasteiger partial charge < -0.3 is 15.8 Å². The zero-order valence-electron chi connectivity index (χ0n) is 13.7. The first-order valence-corrected chi connectivity index (χ1v) is 8.24. The number of aliphatic imine (C=N–C) groups is 1. The van der Waals surface area contributed by atoms with Crippen LogP contribution in [0.25, 0.3) is 0 Å². The summed E-state index contributed by atoms with van der Waals surface area (Å²) in [5.41, 5.74) is 6.51. The maximum Gasteiger partial charge on any atom is 0.218 e. The zero-order valence-corrected chi connectivity index (χ0v) is 13.7. The van der Waals surface area contributed by atoms with Gasteiger partial charge in [0.25, 0.3) is 0 Å². The highest BCUT2D eigenvalue weighted by molar-refractivity contribution is 5.92. The van der Waals surface area contributed by atoms with Crippen molar-refractivity contribution in [1.82, 2.24) is 4.98 Å². The SMILES string of the molecule is NC(=NCc1cccnc1OC1CCCC1)Nc1cc(F)ccc1F. The van der Waals surface area contributed by atoms with Crippen LogP contribution in [0, 0.1) is 11.6 Å². The summed E-state index contributed by atoms with van der Waals surface area (Å²) in [6.45, 7) is 0.228. The number of hydrogen-bond donors (Lipinski definition) is 2. The van der Waals surface area contributed by atoms with Gasteiger partial charge in [0.1, 0.15) is 17.7 Å². The molecule has 1 heterocycles. The minimum absolute atomic E-state index is 0.0137. The molecule has 1 aliphatic carbocycles. The van der Waals surface area contributed by atoms with Crippen LogP contribution in [0.2, 0.25) is 0 Å². The van der Waals surface area contributed by atoms with Gasteiger partial charge in [-0.1, -0.05) is 6.07 Å². The Hall–Kier alpha value is -2.70. The topological polar surface area (TPSA) is 72.5 Å². The Morgan fingerprint density at radius 2 is 2.08 bits per heavy atom. The van der Waals surface area contributed by atoms with Crippen molar-refractivity contribution >= 4 is 11.6 Å². The van der Waals surface area contributed by atoms with Crippen LogP contribution in [0.1, 0.15) is 31.2 Å². The summed E-state index contributed by atoms with van der Waals surface area (Å²) in [7, 11) is 0. The molecule has 0 radical (unpaired) electrons. The first-order chi connectivity index (χ1) is 12.1. The second-order valence-corrected chi connectivity index (χ2v) is 5.94. The molecule has 25 heavy (non-hydrogen) atoms. The van der Waals surface area contributed by atoms with Gasteiger partial charge in [-0.05, 0) is 43.9 Å². The van der Waals surface area contributed by atoms with Crippen LogP contribution in [0.3, 0.4) is 0 Å². The van der Waals surface area contributed by atoms with Gasteiger partial charge in [-0.15, -0.1) is 0 Å². The van der Waals surface area contributed by atoms with Crippen molar-refractivity contribution in [2.24, 2.45) is 10.7 Å². The number of nitrogens with zero attached hydrogens (tertiary/aromatic N) is 2. The lowest BCUT2D eigenvalue weighted by atomic mass is 10.2. The maximum absolute atomic E-state index is 13.6. The number of nitrogens with one attached hydrogen (secondary N) is 1. The average Bonchev–Trinajstić information content (AvgIpc) is 3.10. The van der Waals surface area contributed by atoms with Crippen molar-refractivity contribution in [3.63, 3.8) is 0 Å². The van der Waals surface area contributed by atoms with E-state index in [-0.39, 0.29) is 24.3 Å². The van der Waals surface area contributed by atoms with Crippen molar-refractivity contribution in [3.8, 4) is 5.88 Å². The number of halogens is 2. The van der Waals surface area contributed by atoms with Crippen LogP contribution in [0.15, 0.2) is 41.5 Å². The van der Waals surface area contributed by atoms with E-state index < -0.39 is 11.6 Å². The lowest BCUT2D eigenvalue weighted by Crippen LogP contribution is -2.23. The quantitative estimate of drug-likeness (QED) is 0.641. The molecule has 1 aromatic carbocycles. The molecular weight excluding hydrogens is 326 g/mol. The van der Waals surface area contributed by atoms with Crippen LogP contribution in [-0.2, 0) is 6.54 Å². The molecule has 0 aliphatic heterocycles. The van der Waals surface area contributed by atoms with Crippen LogP contribution in [0.4, 0.5) is 14.5 Å². The summed E-state index contributed by atoms with van der Waals surface area (Å²) in [6.07, 6.45) is 6.25. The smallest absolute Gasteiger partial charge is 0.218 e. The Kier molecular flexibility index (Phi) is 5.42. The van der Waals surface area contributed by atoms with Gasteiger partial charge >= 0.3 is 0 Å². The fraction of sp³-hybridized carbons (Fsp3) is 0.333. The van der Waals surface area contributed by atoms with Gasteiger partial charge in [0.05, 0.1) is 12.2 Å². The molecule has 1 aliphatic rings. The van der Waals surface area contributed by atoms with Gasteiger partial charge in [0, 0.05) is 17.8 Å². The van der Waals surface area contributed by atoms with Crippen molar-refractivity contribution in [3.05, 3.63) is 53.7 Å². The number of hydrogen-bond acceptors (Lipinski definition) is 3. The number of guanidine groups is 1. The summed E-state index contributed by atoms with van der Waals surface area (Å²) in [4.78, 5) is 8.44. The second kappa shape index (κ2) is 7.92. The number of pyridine rings is 1. The minimum Gasteiger partial charge on any atom is -0.474 e. The standard InChI is InChI=1S/C18H20F2N4O/c19-13-7-8-15(20)16(10-13)24-18(21)23-11-12-4-3-9-22-17(12)25-14-5-1-2-6-14/h3-4,7-10,14H,1-2,5-6,11H2,(H3,21,23,24). The molecule has 1 fully saturated rings. The van der Waals surface area contributed by atoms with Crippen molar-refractivity contribution in [2.45, 2.75) is 38.3 Å². The van der Waals surface area contributed by atoms with E-state index >= 15 is 0 Å². The van der Waals surface area contributed by atoms with E-state index in [1.807, 2.05) is 6.07 Å². The highest BCUT2D eigenvalue weighted by atomic mass is 19.1. The van der Waals surface area contributed by atoms with E-state index in [4.69, 9.17) is 10.5 Å². The molecule has 3 N–H and O–H groups in total. The molecule has 3 rings (SSSR count). The molecule has 7 heteroatoms. The highest BCUT2D eigenvalue weighted by Gasteiger charge is 2.18. The van der Waals surface area contributed by atoms with Gasteiger partial charge in [-0.3, -0.25) is 0 Å².